The van der Waals surface area contributed by atoms with Gasteiger partial charge in [-0.3, -0.25) is 0 Å². The van der Waals surface area contributed by atoms with Gasteiger partial charge in [0.15, 0.2) is 11.5 Å². The van der Waals surface area contributed by atoms with Gasteiger partial charge >= 0.3 is 5.97 Å². The molecule has 3 aromatic rings. The van der Waals surface area contributed by atoms with Crippen LogP contribution in [0.15, 0.2) is 47.9 Å². The minimum absolute atomic E-state index is 0.0794. The van der Waals surface area contributed by atoms with Gasteiger partial charge in [0, 0.05) is 0 Å². The van der Waals surface area contributed by atoms with E-state index < -0.39 is 11.9 Å². The molecule has 0 saturated heterocycles. The molecule has 10 nitrogen and oxygen atoms in total. The number of hydrogen-bond donors (Lipinski definition) is 2. The lowest BCUT2D eigenvalue weighted by atomic mass is 9.84. The summed E-state index contributed by atoms with van der Waals surface area (Å²) in [5, 5.41) is 23.9. The second-order valence-corrected chi connectivity index (χ2v) is 7.45. The molecule has 174 valence electrons. The fourth-order valence-corrected chi connectivity index (χ4v) is 4.06. The Balaban J connectivity index is 1.97. The van der Waals surface area contributed by atoms with Crippen LogP contribution in [0.1, 0.15) is 33.1 Å². The average molecular weight is 462 g/mol. The van der Waals surface area contributed by atoms with Crippen molar-refractivity contribution in [1.29, 1.82) is 5.26 Å². The number of benzene rings is 2. The standard InChI is InChI=1S/C24H22N4O6/c1-12-19-20(14-9-17(31-2)21(33-4)18(10-14)32-3)16(11-25)22(26)34-23(19)28(27-12)15-7-5-6-13(8-15)24(29)30/h5-10,20H,26H2,1-4H3,(H,29,30). The Kier molecular flexibility index (Phi) is 5.77. The van der Waals surface area contributed by atoms with Gasteiger partial charge in [0.25, 0.3) is 0 Å². The number of aromatic nitrogens is 2. The Labute approximate surface area is 195 Å². The summed E-state index contributed by atoms with van der Waals surface area (Å²) < 4.78 is 23.7. The zero-order valence-electron chi connectivity index (χ0n) is 18.9. The molecule has 0 radical (unpaired) electrons. The minimum Gasteiger partial charge on any atom is -0.493 e. The number of carboxylic acid groups (broad SMARTS) is 1. The highest BCUT2D eigenvalue weighted by molar-refractivity contribution is 5.88. The van der Waals surface area contributed by atoms with Crippen molar-refractivity contribution >= 4 is 5.97 Å². The van der Waals surface area contributed by atoms with Crippen LogP contribution in [-0.4, -0.2) is 42.2 Å². The van der Waals surface area contributed by atoms with E-state index >= 15 is 0 Å². The molecule has 0 fully saturated rings. The zero-order valence-corrected chi connectivity index (χ0v) is 18.9. The van der Waals surface area contributed by atoms with Crippen LogP contribution >= 0.6 is 0 Å². The predicted octanol–water partition coefficient (Wildman–Crippen LogP) is 3.12. The minimum atomic E-state index is -1.07. The first-order valence-corrected chi connectivity index (χ1v) is 10.1. The van der Waals surface area contributed by atoms with E-state index in [2.05, 4.69) is 11.2 Å². The molecular weight excluding hydrogens is 440 g/mol. The molecule has 0 bridgehead atoms. The number of aromatic carboxylic acids is 1. The summed E-state index contributed by atoms with van der Waals surface area (Å²) >= 11 is 0. The monoisotopic (exact) mass is 462 g/mol. The third-order valence-corrected chi connectivity index (χ3v) is 5.59. The fourth-order valence-electron chi connectivity index (χ4n) is 4.06. The van der Waals surface area contributed by atoms with Crippen LogP contribution in [0, 0.1) is 18.3 Å². The van der Waals surface area contributed by atoms with E-state index in [0.29, 0.717) is 39.8 Å². The van der Waals surface area contributed by atoms with Crippen molar-refractivity contribution in [2.24, 2.45) is 5.73 Å². The van der Waals surface area contributed by atoms with Gasteiger partial charge in [-0.1, -0.05) is 6.07 Å². The van der Waals surface area contributed by atoms with Crippen molar-refractivity contribution in [2.75, 3.05) is 21.3 Å². The molecule has 1 aliphatic heterocycles. The number of aryl methyl sites for hydroxylation is 1. The molecule has 1 aliphatic rings. The van der Waals surface area contributed by atoms with Crippen LogP contribution in [-0.2, 0) is 0 Å². The Morgan fingerprint density at radius 1 is 1.18 bits per heavy atom. The highest BCUT2D eigenvalue weighted by atomic mass is 16.5. The lowest BCUT2D eigenvalue weighted by Crippen LogP contribution is -2.22. The van der Waals surface area contributed by atoms with Crippen LogP contribution < -0.4 is 24.7 Å². The smallest absolute Gasteiger partial charge is 0.335 e. The largest absolute Gasteiger partial charge is 0.493 e. The number of nitrogens with two attached hydrogens (primary N) is 1. The third-order valence-electron chi connectivity index (χ3n) is 5.59. The molecule has 10 heteroatoms. The van der Waals surface area contributed by atoms with E-state index in [1.807, 2.05) is 0 Å². The molecule has 2 heterocycles. The molecule has 4 rings (SSSR count). The maximum atomic E-state index is 11.5. The lowest BCUT2D eigenvalue weighted by molar-refractivity contribution is 0.0697. The Hall–Kier alpha value is -4.65. The van der Waals surface area contributed by atoms with Crippen molar-refractivity contribution in [2.45, 2.75) is 12.8 Å². The number of nitrogens with zero attached hydrogens (tertiary/aromatic N) is 3. The van der Waals surface area contributed by atoms with Gasteiger partial charge in [0.1, 0.15) is 11.6 Å². The molecule has 3 N–H and O–H groups in total. The first kappa shape index (κ1) is 22.5. The molecular formula is C24H22N4O6. The number of rotatable bonds is 6. The molecule has 0 amide bonds. The third kappa shape index (κ3) is 3.53. The number of methoxy groups -OCH3 is 3. The summed E-state index contributed by atoms with van der Waals surface area (Å²) in [6.45, 7) is 1.78. The number of carbonyl (C=O) groups is 1. The van der Waals surface area contributed by atoms with Crippen LogP contribution in [0.25, 0.3) is 5.69 Å². The molecule has 0 spiro atoms. The Morgan fingerprint density at radius 3 is 2.41 bits per heavy atom. The summed E-state index contributed by atoms with van der Waals surface area (Å²) in [4.78, 5) is 11.5. The summed E-state index contributed by atoms with van der Waals surface area (Å²) in [6, 6.07) is 11.9. The molecule has 34 heavy (non-hydrogen) atoms. The fraction of sp³-hybridized carbons (Fsp3) is 0.208. The second-order valence-electron chi connectivity index (χ2n) is 7.45. The van der Waals surface area contributed by atoms with Crippen molar-refractivity contribution in [3.63, 3.8) is 0 Å². The average Bonchev–Trinajstić information content (AvgIpc) is 3.17. The molecule has 1 unspecified atom stereocenters. The van der Waals surface area contributed by atoms with E-state index in [0.717, 1.165) is 0 Å². The van der Waals surface area contributed by atoms with Gasteiger partial charge in [-0.15, -0.1) is 0 Å². The van der Waals surface area contributed by atoms with Crippen molar-refractivity contribution in [1.82, 2.24) is 9.78 Å². The number of fused-ring (bicyclic) bond motifs is 1. The van der Waals surface area contributed by atoms with Gasteiger partial charge in [0.2, 0.25) is 17.5 Å². The van der Waals surface area contributed by atoms with Gasteiger partial charge in [0.05, 0.1) is 49.8 Å². The Bertz CT molecular complexity index is 1340. The van der Waals surface area contributed by atoms with Crippen LogP contribution in [0.4, 0.5) is 0 Å². The number of nitriles is 1. The topological polar surface area (TPSA) is 142 Å². The zero-order chi connectivity index (χ0) is 24.6. The van der Waals surface area contributed by atoms with Crippen LogP contribution in [0.5, 0.6) is 23.1 Å². The summed E-state index contributed by atoms with van der Waals surface area (Å²) in [6.07, 6.45) is 0. The maximum absolute atomic E-state index is 11.5. The van der Waals surface area contributed by atoms with E-state index in [-0.39, 0.29) is 22.9 Å². The summed E-state index contributed by atoms with van der Waals surface area (Å²) in [5.74, 6) is -0.255. The van der Waals surface area contributed by atoms with Gasteiger partial charge < -0.3 is 29.8 Å². The van der Waals surface area contributed by atoms with Crippen LogP contribution in [0.2, 0.25) is 0 Å². The van der Waals surface area contributed by atoms with E-state index in [9.17, 15) is 15.2 Å². The van der Waals surface area contributed by atoms with Crippen molar-refractivity contribution in [3.05, 3.63) is 70.2 Å². The van der Waals surface area contributed by atoms with E-state index in [1.165, 1.54) is 38.1 Å². The summed E-state index contributed by atoms with van der Waals surface area (Å²) in [5.41, 5.74) is 8.79. The summed E-state index contributed by atoms with van der Waals surface area (Å²) in [7, 11) is 4.51. The molecule has 2 aromatic carbocycles. The quantitative estimate of drug-likeness (QED) is 0.565. The Morgan fingerprint density at radius 2 is 1.85 bits per heavy atom. The predicted molar refractivity (Wildman–Crippen MR) is 121 cm³/mol. The number of ether oxygens (including phenoxy) is 4. The maximum Gasteiger partial charge on any atom is 0.335 e. The van der Waals surface area contributed by atoms with Gasteiger partial charge in [-0.05, 0) is 42.8 Å². The van der Waals surface area contributed by atoms with Crippen LogP contribution in [0.3, 0.4) is 0 Å². The van der Waals surface area contributed by atoms with Crippen molar-refractivity contribution in [3.8, 4) is 34.9 Å². The first-order chi connectivity index (χ1) is 16.3. The molecule has 1 atom stereocenters. The van der Waals surface area contributed by atoms with E-state index in [1.54, 1.807) is 31.2 Å². The number of hydrogen-bond acceptors (Lipinski definition) is 8. The first-order valence-electron chi connectivity index (χ1n) is 10.1. The lowest BCUT2D eigenvalue weighted by Gasteiger charge is -2.26. The normalized spacial score (nSPS) is 14.6. The highest BCUT2D eigenvalue weighted by Crippen LogP contribution is 2.48. The molecule has 1 aromatic heterocycles. The van der Waals surface area contributed by atoms with Gasteiger partial charge in [-0.25, -0.2) is 9.48 Å². The van der Waals surface area contributed by atoms with Crippen molar-refractivity contribution < 1.29 is 28.8 Å². The highest BCUT2D eigenvalue weighted by Gasteiger charge is 2.37. The number of carboxylic acids is 1. The van der Waals surface area contributed by atoms with E-state index in [4.69, 9.17) is 24.7 Å². The molecule has 0 saturated carbocycles. The number of allylic oxidation sites excluding steroid dienone is 1. The SMILES string of the molecule is COc1cc(C2C(C#N)=C(N)Oc3c2c(C)nn3-c2cccc(C(=O)O)c2)cc(OC)c1OC. The van der Waals surface area contributed by atoms with Gasteiger partial charge in [-0.2, -0.15) is 10.4 Å². The second kappa shape index (κ2) is 8.71. The molecule has 0 aliphatic carbocycles.